The van der Waals surface area contributed by atoms with E-state index in [4.69, 9.17) is 0 Å². The lowest BCUT2D eigenvalue weighted by molar-refractivity contribution is -0.159. The summed E-state index contributed by atoms with van der Waals surface area (Å²) in [6.07, 6.45) is -2.35. The van der Waals surface area contributed by atoms with Crippen molar-refractivity contribution < 1.29 is 18.0 Å². The van der Waals surface area contributed by atoms with Crippen LogP contribution in [0.5, 0.6) is 0 Å². The molecule has 1 saturated carbocycles. The van der Waals surface area contributed by atoms with E-state index in [1.165, 1.54) is 7.05 Å². The zero-order chi connectivity index (χ0) is 15.5. The number of hydrogen-bond donors (Lipinski definition) is 0. The number of rotatable bonds is 6. The van der Waals surface area contributed by atoms with Crippen molar-refractivity contribution in [3.63, 3.8) is 0 Å². The fourth-order valence-electron chi connectivity index (χ4n) is 2.22. The summed E-state index contributed by atoms with van der Waals surface area (Å²) in [6.45, 7) is -0.571. The van der Waals surface area contributed by atoms with E-state index in [9.17, 15) is 18.0 Å². The number of carbonyl (C=O) groups excluding carboxylic acids is 1. The first kappa shape index (κ1) is 15.8. The number of carbonyl (C=O) groups is 1. The largest absolute Gasteiger partial charge is 0.406 e. The summed E-state index contributed by atoms with van der Waals surface area (Å²) < 4.78 is 36.9. The second kappa shape index (κ2) is 6.47. The van der Waals surface area contributed by atoms with Crippen molar-refractivity contribution in [3.05, 3.63) is 35.9 Å². The summed E-state index contributed by atoms with van der Waals surface area (Å²) in [6, 6.07) is 9.97. The molecule has 1 aliphatic carbocycles. The Morgan fingerprint density at radius 2 is 1.86 bits per heavy atom. The highest BCUT2D eigenvalue weighted by atomic mass is 19.4. The van der Waals surface area contributed by atoms with Gasteiger partial charge < -0.3 is 4.90 Å². The molecule has 0 unspecified atom stereocenters. The molecule has 0 atom stereocenters. The van der Waals surface area contributed by atoms with Crippen molar-refractivity contribution in [1.29, 1.82) is 0 Å². The van der Waals surface area contributed by atoms with Gasteiger partial charge in [0, 0.05) is 19.6 Å². The smallest absolute Gasteiger partial charge is 0.336 e. The molecule has 0 heterocycles. The van der Waals surface area contributed by atoms with Crippen molar-refractivity contribution in [2.75, 3.05) is 20.1 Å². The number of likely N-dealkylation sites (N-methyl/N-ethyl adjacent to an activating group) is 1. The number of benzene rings is 1. The predicted molar refractivity (Wildman–Crippen MR) is 73.6 cm³/mol. The summed E-state index contributed by atoms with van der Waals surface area (Å²) in [4.78, 5) is 14.7. The average Bonchev–Trinajstić information content (AvgIpc) is 3.21. The molecule has 0 aromatic heterocycles. The van der Waals surface area contributed by atoms with Crippen LogP contribution in [-0.2, 0) is 11.3 Å². The molecule has 6 heteroatoms. The number of amides is 1. The van der Waals surface area contributed by atoms with Gasteiger partial charge in [-0.25, -0.2) is 0 Å². The highest BCUT2D eigenvalue weighted by molar-refractivity contribution is 5.78. The van der Waals surface area contributed by atoms with E-state index in [1.807, 2.05) is 35.2 Å². The Kier molecular flexibility index (Phi) is 4.88. The zero-order valence-corrected chi connectivity index (χ0v) is 11.9. The molecule has 1 aliphatic rings. The molecule has 0 bridgehead atoms. The first-order valence-corrected chi connectivity index (χ1v) is 6.94. The van der Waals surface area contributed by atoms with Crippen molar-refractivity contribution in [1.82, 2.24) is 9.80 Å². The van der Waals surface area contributed by atoms with Gasteiger partial charge in [0.2, 0.25) is 5.91 Å². The summed E-state index contributed by atoms with van der Waals surface area (Å²) in [5.41, 5.74) is 1.07. The van der Waals surface area contributed by atoms with Gasteiger partial charge in [0.1, 0.15) is 6.54 Å². The molecule has 2 rings (SSSR count). The Labute approximate surface area is 122 Å². The van der Waals surface area contributed by atoms with E-state index in [0.29, 0.717) is 12.6 Å². The van der Waals surface area contributed by atoms with Crippen molar-refractivity contribution in [3.8, 4) is 0 Å². The zero-order valence-electron chi connectivity index (χ0n) is 11.9. The minimum Gasteiger partial charge on any atom is -0.336 e. The van der Waals surface area contributed by atoms with Crippen LogP contribution in [0.3, 0.4) is 0 Å². The van der Waals surface area contributed by atoms with Crippen LogP contribution in [0.1, 0.15) is 18.4 Å². The fourth-order valence-corrected chi connectivity index (χ4v) is 2.22. The second-order valence-corrected chi connectivity index (χ2v) is 5.49. The van der Waals surface area contributed by atoms with Crippen LogP contribution in [0.2, 0.25) is 0 Å². The predicted octanol–water partition coefficient (Wildman–Crippen LogP) is 2.67. The molecule has 116 valence electrons. The maximum atomic E-state index is 12.3. The molecular weight excluding hydrogens is 281 g/mol. The number of alkyl halides is 3. The summed E-state index contributed by atoms with van der Waals surface area (Å²) in [5, 5.41) is 0. The fraction of sp³-hybridized carbons (Fsp3) is 0.533. The SMILES string of the molecule is CN(CC(F)(F)F)C(=O)CN(Cc1ccccc1)C1CC1. The number of halogens is 3. The summed E-state index contributed by atoms with van der Waals surface area (Å²) >= 11 is 0. The van der Waals surface area contributed by atoms with Crippen LogP contribution in [0, 0.1) is 0 Å². The van der Waals surface area contributed by atoms with E-state index in [2.05, 4.69) is 0 Å². The molecule has 1 amide bonds. The minimum absolute atomic E-state index is 0.0339. The van der Waals surface area contributed by atoms with Gasteiger partial charge in [-0.1, -0.05) is 30.3 Å². The topological polar surface area (TPSA) is 23.6 Å². The standard InChI is InChI=1S/C15H19F3N2O/c1-19(11-15(16,17)18)14(21)10-20(13-7-8-13)9-12-5-3-2-4-6-12/h2-6,13H,7-11H2,1H3. The first-order valence-electron chi connectivity index (χ1n) is 6.94. The maximum Gasteiger partial charge on any atom is 0.406 e. The molecule has 0 radical (unpaired) electrons. The maximum absolute atomic E-state index is 12.3. The molecule has 1 fully saturated rings. The molecule has 3 nitrogen and oxygen atoms in total. The Bertz CT molecular complexity index is 472. The Balaban J connectivity index is 1.92. The third kappa shape index (κ3) is 5.38. The van der Waals surface area contributed by atoms with Crippen LogP contribution in [-0.4, -0.2) is 48.1 Å². The van der Waals surface area contributed by atoms with Gasteiger partial charge in [0.05, 0.1) is 6.54 Å². The summed E-state index contributed by atoms with van der Waals surface area (Å²) in [5.74, 6) is -0.491. The Hall–Kier alpha value is -1.56. The molecule has 0 spiro atoms. The molecule has 21 heavy (non-hydrogen) atoms. The first-order chi connectivity index (χ1) is 9.85. The van der Waals surface area contributed by atoms with Crippen LogP contribution in [0.15, 0.2) is 30.3 Å². The molecule has 1 aromatic carbocycles. The van der Waals surface area contributed by atoms with E-state index < -0.39 is 18.6 Å². The van der Waals surface area contributed by atoms with Crippen LogP contribution in [0.25, 0.3) is 0 Å². The van der Waals surface area contributed by atoms with Crippen molar-refractivity contribution >= 4 is 5.91 Å². The molecule has 1 aromatic rings. The lowest BCUT2D eigenvalue weighted by Crippen LogP contribution is -2.42. The van der Waals surface area contributed by atoms with Crippen LogP contribution in [0.4, 0.5) is 13.2 Å². The third-order valence-electron chi connectivity index (χ3n) is 3.47. The van der Waals surface area contributed by atoms with Crippen LogP contribution < -0.4 is 0 Å². The van der Waals surface area contributed by atoms with E-state index in [-0.39, 0.29) is 6.54 Å². The van der Waals surface area contributed by atoms with E-state index in [0.717, 1.165) is 23.3 Å². The van der Waals surface area contributed by atoms with E-state index in [1.54, 1.807) is 0 Å². The lowest BCUT2D eigenvalue weighted by atomic mass is 10.2. The minimum atomic E-state index is -4.35. The number of hydrogen-bond acceptors (Lipinski definition) is 2. The van der Waals surface area contributed by atoms with Gasteiger partial charge >= 0.3 is 6.18 Å². The highest BCUT2D eigenvalue weighted by Crippen LogP contribution is 2.28. The van der Waals surface area contributed by atoms with Gasteiger partial charge in [-0.15, -0.1) is 0 Å². The van der Waals surface area contributed by atoms with Gasteiger partial charge in [0.25, 0.3) is 0 Å². The molecular formula is C15H19F3N2O. The van der Waals surface area contributed by atoms with Crippen molar-refractivity contribution in [2.45, 2.75) is 31.6 Å². The molecule has 0 saturated heterocycles. The molecule has 0 aliphatic heterocycles. The van der Waals surface area contributed by atoms with Gasteiger partial charge in [-0.05, 0) is 18.4 Å². The third-order valence-corrected chi connectivity index (χ3v) is 3.47. The quantitative estimate of drug-likeness (QED) is 0.806. The van der Waals surface area contributed by atoms with Gasteiger partial charge in [-0.2, -0.15) is 13.2 Å². The average molecular weight is 300 g/mol. The summed E-state index contributed by atoms with van der Waals surface area (Å²) in [7, 11) is 1.20. The van der Waals surface area contributed by atoms with E-state index >= 15 is 0 Å². The monoisotopic (exact) mass is 300 g/mol. The lowest BCUT2D eigenvalue weighted by Gasteiger charge is -2.25. The highest BCUT2D eigenvalue weighted by Gasteiger charge is 2.34. The molecule has 0 N–H and O–H groups in total. The van der Waals surface area contributed by atoms with Gasteiger partial charge in [0.15, 0.2) is 0 Å². The van der Waals surface area contributed by atoms with Gasteiger partial charge in [-0.3, -0.25) is 9.69 Å². The van der Waals surface area contributed by atoms with Crippen molar-refractivity contribution in [2.24, 2.45) is 0 Å². The second-order valence-electron chi connectivity index (χ2n) is 5.49. The van der Waals surface area contributed by atoms with Crippen LogP contribution >= 0.6 is 0 Å². The normalized spacial score (nSPS) is 15.3. The number of nitrogens with zero attached hydrogens (tertiary/aromatic N) is 2. The Morgan fingerprint density at radius 1 is 1.24 bits per heavy atom. The Morgan fingerprint density at radius 3 is 2.38 bits per heavy atom.